The first-order valence-corrected chi connectivity index (χ1v) is 15.2. The van der Waals surface area contributed by atoms with Crippen molar-refractivity contribution in [2.75, 3.05) is 6.61 Å². The Balaban J connectivity index is 0.000000300. The van der Waals surface area contributed by atoms with Gasteiger partial charge in [-0.3, -0.25) is 4.57 Å². The molecule has 0 aliphatic heterocycles. The molecule has 0 atom stereocenters. The monoisotopic (exact) mass is 734 g/mol. The molecule has 1 N–H and O–H groups in total. The molecule has 136 valence electrons. The van der Waals surface area contributed by atoms with E-state index in [1.165, 1.54) is 6.04 Å². The van der Waals surface area contributed by atoms with Crippen molar-refractivity contribution in [2.45, 2.75) is 32.4 Å². The molecule has 0 bridgehead atoms. The van der Waals surface area contributed by atoms with E-state index in [2.05, 4.69) is 130 Å². The first-order chi connectivity index (χ1) is 11.0. The van der Waals surface area contributed by atoms with Gasteiger partial charge in [-0.15, -0.1) is 0 Å². The lowest BCUT2D eigenvalue weighted by Gasteiger charge is -2.15. The predicted molar refractivity (Wildman–Crippen MR) is 121 cm³/mol. The van der Waals surface area contributed by atoms with Gasteiger partial charge < -0.3 is 9.72 Å². The Kier molecular flexibility index (Phi) is 10.5. The maximum atomic E-state index is 5.65. The summed E-state index contributed by atoms with van der Waals surface area (Å²) in [4.78, 5) is 11.0. The Morgan fingerprint density at radius 1 is 1.00 bits per heavy atom. The van der Waals surface area contributed by atoms with E-state index in [1.807, 2.05) is 4.57 Å². The van der Waals surface area contributed by atoms with Crippen LogP contribution in [0, 0.1) is 0 Å². The Bertz CT molecular complexity index is 650. The van der Waals surface area contributed by atoms with Crippen molar-refractivity contribution in [1.82, 2.24) is 19.5 Å². The quantitative estimate of drug-likeness (QED) is 0.261. The molecule has 2 rings (SSSR count). The Morgan fingerprint density at radius 3 is 1.96 bits per heavy atom. The summed E-state index contributed by atoms with van der Waals surface area (Å²) >= 11 is 19.7. The lowest BCUT2D eigenvalue weighted by atomic mass is 10.8. The van der Waals surface area contributed by atoms with Crippen molar-refractivity contribution in [3.8, 4) is 0 Å². The molecule has 5 nitrogen and oxygen atoms in total. The largest absolute Gasteiger partial charge is 0.361 e. The number of aromatic nitrogens is 4. The molecule has 12 heteroatoms. The van der Waals surface area contributed by atoms with Crippen LogP contribution in [0.5, 0.6) is 0 Å². The second kappa shape index (κ2) is 10.7. The zero-order valence-electron chi connectivity index (χ0n) is 13.1. The average molecular weight is 740 g/mol. The zero-order valence-corrected chi connectivity index (χ0v) is 23.7. The smallest absolute Gasteiger partial charge is 0.181 e. The van der Waals surface area contributed by atoms with E-state index in [9.17, 15) is 0 Å². The number of rotatable bonds is 5. The van der Waals surface area contributed by atoms with Gasteiger partial charge in [-0.25, -0.2) is 9.97 Å². The molecule has 0 spiro atoms. The van der Waals surface area contributed by atoms with Crippen LogP contribution in [0.25, 0.3) is 0 Å². The van der Waals surface area contributed by atoms with Gasteiger partial charge in [-0.1, -0.05) is 19.6 Å². The lowest BCUT2D eigenvalue weighted by molar-refractivity contribution is 0.0841. The predicted octanol–water partition coefficient (Wildman–Crippen LogP) is 7.18. The highest BCUT2D eigenvalue weighted by Gasteiger charge is 2.14. The second-order valence-corrected chi connectivity index (χ2v) is 16.0. The third-order valence-corrected chi connectivity index (χ3v) is 8.88. The SMILES string of the molecule is Brc1nc(Br)c(Br)[nH]1.C[Si](C)(C)CCOCn1c(Br)nc(Br)c1Br. The van der Waals surface area contributed by atoms with Crippen LogP contribution in [0.3, 0.4) is 0 Å². The van der Waals surface area contributed by atoms with Crippen molar-refractivity contribution in [1.29, 1.82) is 0 Å². The number of hydrogen-bond acceptors (Lipinski definition) is 3. The number of imidazole rings is 2. The van der Waals surface area contributed by atoms with E-state index in [-0.39, 0.29) is 0 Å². The number of H-pyrrole nitrogens is 1. The third kappa shape index (κ3) is 8.44. The van der Waals surface area contributed by atoms with Gasteiger partial charge in [0.25, 0.3) is 0 Å². The third-order valence-electron chi connectivity index (χ3n) is 2.63. The molecule has 0 amide bonds. The van der Waals surface area contributed by atoms with Gasteiger partial charge >= 0.3 is 0 Å². The number of ether oxygens (including phenoxy) is 1. The van der Waals surface area contributed by atoms with Crippen molar-refractivity contribution < 1.29 is 4.74 Å². The maximum Gasteiger partial charge on any atom is 0.181 e. The molecule has 2 heterocycles. The number of nitrogens with zero attached hydrogens (tertiary/aromatic N) is 3. The van der Waals surface area contributed by atoms with E-state index in [1.54, 1.807) is 0 Å². The van der Waals surface area contributed by atoms with Crippen LogP contribution in [0.4, 0.5) is 0 Å². The normalized spacial score (nSPS) is 11.4. The second-order valence-electron chi connectivity index (χ2n) is 5.87. The highest BCUT2D eigenvalue weighted by Crippen LogP contribution is 2.26. The summed E-state index contributed by atoms with van der Waals surface area (Å²) in [5, 5.41) is 0. The van der Waals surface area contributed by atoms with Crippen molar-refractivity contribution >= 4 is 104 Å². The van der Waals surface area contributed by atoms with Gasteiger partial charge in [0, 0.05) is 14.7 Å². The summed E-state index contributed by atoms with van der Waals surface area (Å²) in [6.45, 7) is 8.36. The van der Waals surface area contributed by atoms with Crippen LogP contribution in [0.15, 0.2) is 27.9 Å². The topological polar surface area (TPSA) is 55.7 Å². The lowest BCUT2D eigenvalue weighted by Crippen LogP contribution is -2.22. The molecule has 2 aromatic rings. The fourth-order valence-electron chi connectivity index (χ4n) is 1.33. The molecule has 0 aliphatic carbocycles. The molecule has 0 unspecified atom stereocenters. The van der Waals surface area contributed by atoms with Crippen LogP contribution in [0.1, 0.15) is 0 Å². The Labute approximate surface area is 192 Å². The summed E-state index contributed by atoms with van der Waals surface area (Å²) in [6.07, 6.45) is 0. The zero-order chi connectivity index (χ0) is 18.5. The van der Waals surface area contributed by atoms with Crippen molar-refractivity contribution in [3.63, 3.8) is 0 Å². The van der Waals surface area contributed by atoms with Crippen molar-refractivity contribution in [2.24, 2.45) is 0 Å². The molecular formula is C12H16Br6N4OSi. The van der Waals surface area contributed by atoms with E-state index >= 15 is 0 Å². The average Bonchev–Trinajstić information content (AvgIpc) is 2.85. The van der Waals surface area contributed by atoms with Gasteiger partial charge in [0.05, 0.1) is 0 Å². The molecule has 24 heavy (non-hydrogen) atoms. The first-order valence-electron chi connectivity index (χ1n) is 6.72. The van der Waals surface area contributed by atoms with Gasteiger partial charge in [-0.2, -0.15) is 0 Å². The molecule has 0 saturated carbocycles. The van der Waals surface area contributed by atoms with Gasteiger partial charge in [-0.05, 0) is 102 Å². The minimum Gasteiger partial charge on any atom is -0.361 e. The highest BCUT2D eigenvalue weighted by molar-refractivity contribution is 9.13. The van der Waals surface area contributed by atoms with Gasteiger partial charge in [0.1, 0.15) is 25.1 Å². The molecule has 2 aromatic heterocycles. The molecule has 0 aromatic carbocycles. The Hall–Kier alpha value is 1.48. The minimum atomic E-state index is -1.000. The van der Waals surface area contributed by atoms with Crippen LogP contribution >= 0.6 is 95.6 Å². The van der Waals surface area contributed by atoms with Crippen LogP contribution in [-0.2, 0) is 11.5 Å². The maximum absolute atomic E-state index is 5.65. The van der Waals surface area contributed by atoms with E-state index in [0.29, 0.717) is 6.73 Å². The van der Waals surface area contributed by atoms with E-state index < -0.39 is 8.07 Å². The summed E-state index contributed by atoms with van der Waals surface area (Å²) in [6, 6.07) is 1.18. The molecule has 0 saturated heterocycles. The molecule has 0 aliphatic rings. The summed E-state index contributed by atoms with van der Waals surface area (Å²) in [5.74, 6) is 0. The Morgan fingerprint density at radius 2 is 1.62 bits per heavy atom. The van der Waals surface area contributed by atoms with E-state index in [0.717, 1.165) is 34.5 Å². The number of hydrogen-bond donors (Lipinski definition) is 1. The highest BCUT2D eigenvalue weighted by atomic mass is 79.9. The first kappa shape index (κ1) is 23.5. The van der Waals surface area contributed by atoms with Crippen LogP contribution in [0.2, 0.25) is 25.7 Å². The number of nitrogens with one attached hydrogen (secondary N) is 1. The summed E-state index contributed by atoms with van der Waals surface area (Å²) < 4.78 is 12.4. The molecular weight excluding hydrogens is 724 g/mol. The fourth-order valence-corrected chi connectivity index (χ4v) is 5.19. The molecule has 0 radical (unpaired) electrons. The molecule has 0 fully saturated rings. The fraction of sp³-hybridized carbons (Fsp3) is 0.500. The van der Waals surface area contributed by atoms with Gasteiger partial charge in [0.2, 0.25) is 0 Å². The van der Waals surface area contributed by atoms with Crippen LogP contribution in [-0.4, -0.2) is 34.2 Å². The van der Waals surface area contributed by atoms with Gasteiger partial charge in [0.15, 0.2) is 9.47 Å². The minimum absolute atomic E-state index is 0.518. The standard InChI is InChI=1S/C9H15Br3N2OSi.C3HBr3N2/c1-16(2,3)5-4-15-6-14-8(11)7(10)13-9(14)12;4-1-2(5)8-3(6)7-1/h4-6H2,1-3H3;(H,7,8). The van der Waals surface area contributed by atoms with Crippen LogP contribution < -0.4 is 0 Å². The van der Waals surface area contributed by atoms with Crippen molar-refractivity contribution in [3.05, 3.63) is 27.9 Å². The number of aromatic amines is 1. The summed E-state index contributed by atoms with van der Waals surface area (Å²) in [5.41, 5.74) is 0. The van der Waals surface area contributed by atoms with E-state index in [4.69, 9.17) is 4.74 Å². The summed E-state index contributed by atoms with van der Waals surface area (Å²) in [7, 11) is -1.000. The number of halogens is 6.